The van der Waals surface area contributed by atoms with Crippen LogP contribution in [0.3, 0.4) is 0 Å². The van der Waals surface area contributed by atoms with E-state index in [2.05, 4.69) is 9.97 Å². The van der Waals surface area contributed by atoms with Crippen molar-refractivity contribution in [1.82, 2.24) is 9.97 Å². The lowest BCUT2D eigenvalue weighted by Crippen LogP contribution is -2.01. The summed E-state index contributed by atoms with van der Waals surface area (Å²) in [6.07, 6.45) is 3.75. The molecule has 0 N–H and O–H groups in total. The highest BCUT2D eigenvalue weighted by molar-refractivity contribution is 5.75. The number of aldehydes is 1. The number of carbonyl (C=O) groups excluding carboxylic acids is 1. The number of nitrogens with zero attached hydrogens (tertiary/aromatic N) is 2. The minimum atomic E-state index is -0.515. The molecule has 0 bridgehead atoms. The third-order valence-electron chi connectivity index (χ3n) is 2.02. The van der Waals surface area contributed by atoms with Gasteiger partial charge in [-0.05, 0) is 18.2 Å². The second kappa shape index (κ2) is 5.16. The Morgan fingerprint density at radius 3 is 2.71 bits per heavy atom. The van der Waals surface area contributed by atoms with E-state index in [1.807, 2.05) is 0 Å². The number of rotatable bonds is 4. The quantitative estimate of drug-likeness (QED) is 0.756. The number of aromatic nitrogens is 2. The Morgan fingerprint density at radius 1 is 1.24 bits per heavy atom. The molecule has 0 aliphatic rings. The lowest BCUT2D eigenvalue weighted by atomic mass is 10.2. The second-order valence-corrected chi connectivity index (χ2v) is 3.29. The lowest BCUT2D eigenvalue weighted by molar-refractivity contribution is 0.112. The predicted octanol–water partition coefficient (Wildman–Crippen LogP) is 2.01. The normalized spacial score (nSPS) is 9.94. The van der Waals surface area contributed by atoms with Crippen LogP contribution in [-0.2, 0) is 6.61 Å². The Morgan fingerprint density at radius 2 is 2.00 bits per heavy atom. The SMILES string of the molecule is O=Cc1cc(F)cc(OCc2ncccn2)c1. The van der Waals surface area contributed by atoms with Crippen molar-refractivity contribution in [2.24, 2.45) is 0 Å². The molecule has 0 amide bonds. The molecule has 1 heterocycles. The number of benzene rings is 1. The molecule has 17 heavy (non-hydrogen) atoms. The molecule has 0 aliphatic carbocycles. The smallest absolute Gasteiger partial charge is 0.166 e. The Bertz CT molecular complexity index is 517. The Kier molecular flexibility index (Phi) is 3.40. The van der Waals surface area contributed by atoms with E-state index in [4.69, 9.17) is 4.74 Å². The first-order chi connectivity index (χ1) is 8.28. The number of halogens is 1. The van der Waals surface area contributed by atoms with Crippen LogP contribution >= 0.6 is 0 Å². The van der Waals surface area contributed by atoms with Crippen molar-refractivity contribution in [2.45, 2.75) is 6.61 Å². The van der Waals surface area contributed by atoms with E-state index in [1.165, 1.54) is 12.1 Å². The maximum absolute atomic E-state index is 13.1. The number of hydrogen-bond donors (Lipinski definition) is 0. The van der Waals surface area contributed by atoms with Gasteiger partial charge in [0.1, 0.15) is 24.5 Å². The first kappa shape index (κ1) is 11.2. The van der Waals surface area contributed by atoms with Crippen molar-refractivity contribution >= 4 is 6.29 Å². The van der Waals surface area contributed by atoms with Crippen molar-refractivity contribution in [3.63, 3.8) is 0 Å². The van der Waals surface area contributed by atoms with Crippen LogP contribution in [0.5, 0.6) is 5.75 Å². The number of hydrogen-bond acceptors (Lipinski definition) is 4. The molecule has 1 aromatic carbocycles. The summed E-state index contributed by atoms with van der Waals surface area (Å²) >= 11 is 0. The van der Waals surface area contributed by atoms with Gasteiger partial charge in [-0.3, -0.25) is 4.79 Å². The molecule has 0 unspecified atom stereocenters. The summed E-state index contributed by atoms with van der Waals surface area (Å²) in [6, 6.07) is 5.49. The van der Waals surface area contributed by atoms with Crippen molar-refractivity contribution in [1.29, 1.82) is 0 Å². The van der Waals surface area contributed by atoms with E-state index in [0.29, 0.717) is 12.1 Å². The minimum Gasteiger partial charge on any atom is -0.485 e. The summed E-state index contributed by atoms with van der Waals surface area (Å²) in [7, 11) is 0. The zero-order valence-electron chi connectivity index (χ0n) is 8.84. The fourth-order valence-electron chi connectivity index (χ4n) is 1.29. The van der Waals surface area contributed by atoms with Gasteiger partial charge in [0.2, 0.25) is 0 Å². The summed E-state index contributed by atoms with van der Waals surface area (Å²) in [4.78, 5) is 18.5. The molecule has 86 valence electrons. The molecular weight excluding hydrogens is 223 g/mol. The van der Waals surface area contributed by atoms with Gasteiger partial charge in [-0.2, -0.15) is 0 Å². The van der Waals surface area contributed by atoms with Crippen LogP contribution in [0.1, 0.15) is 16.2 Å². The van der Waals surface area contributed by atoms with Crippen LogP contribution in [0, 0.1) is 5.82 Å². The summed E-state index contributed by atoms with van der Waals surface area (Å²) in [5.74, 6) is 0.252. The third kappa shape index (κ3) is 3.07. The van der Waals surface area contributed by atoms with Gasteiger partial charge in [0.05, 0.1) is 0 Å². The molecule has 0 radical (unpaired) electrons. The van der Waals surface area contributed by atoms with Crippen LogP contribution in [0.2, 0.25) is 0 Å². The minimum absolute atomic E-state index is 0.128. The lowest BCUT2D eigenvalue weighted by Gasteiger charge is -2.05. The Labute approximate surface area is 97.1 Å². The number of carbonyl (C=O) groups is 1. The summed E-state index contributed by atoms with van der Waals surface area (Å²) in [5.41, 5.74) is 0.231. The van der Waals surface area contributed by atoms with Crippen molar-refractivity contribution < 1.29 is 13.9 Å². The monoisotopic (exact) mass is 232 g/mol. The van der Waals surface area contributed by atoms with E-state index in [1.54, 1.807) is 18.5 Å². The number of ether oxygens (including phenoxy) is 1. The van der Waals surface area contributed by atoms with Crippen molar-refractivity contribution in [2.75, 3.05) is 0 Å². The zero-order valence-corrected chi connectivity index (χ0v) is 8.84. The molecule has 0 saturated carbocycles. The summed E-state index contributed by atoms with van der Waals surface area (Å²) in [5, 5.41) is 0. The van der Waals surface area contributed by atoms with Gasteiger partial charge >= 0.3 is 0 Å². The standard InChI is InChI=1S/C12H9FN2O2/c13-10-4-9(7-16)5-11(6-10)17-8-12-14-2-1-3-15-12/h1-7H,8H2. The molecular formula is C12H9FN2O2. The van der Waals surface area contributed by atoms with E-state index < -0.39 is 5.82 Å². The van der Waals surface area contributed by atoms with E-state index in [0.717, 1.165) is 6.07 Å². The first-order valence-corrected chi connectivity index (χ1v) is 4.92. The Hall–Kier alpha value is -2.30. The highest BCUT2D eigenvalue weighted by Crippen LogP contribution is 2.16. The molecule has 2 rings (SSSR count). The fourth-order valence-corrected chi connectivity index (χ4v) is 1.29. The predicted molar refractivity (Wildman–Crippen MR) is 58.2 cm³/mol. The highest BCUT2D eigenvalue weighted by Gasteiger charge is 2.02. The second-order valence-electron chi connectivity index (χ2n) is 3.29. The third-order valence-corrected chi connectivity index (χ3v) is 2.02. The molecule has 5 heteroatoms. The van der Waals surface area contributed by atoms with Crippen LogP contribution in [-0.4, -0.2) is 16.3 Å². The molecule has 1 aromatic heterocycles. The molecule has 0 fully saturated rings. The summed E-state index contributed by atoms with van der Waals surface area (Å²) < 4.78 is 18.4. The fraction of sp³-hybridized carbons (Fsp3) is 0.0833. The van der Waals surface area contributed by atoms with E-state index in [-0.39, 0.29) is 17.9 Å². The maximum Gasteiger partial charge on any atom is 0.166 e. The largest absolute Gasteiger partial charge is 0.485 e. The molecule has 0 spiro atoms. The van der Waals surface area contributed by atoms with E-state index in [9.17, 15) is 9.18 Å². The van der Waals surface area contributed by atoms with Gasteiger partial charge in [0.15, 0.2) is 5.82 Å². The molecule has 4 nitrogen and oxygen atoms in total. The highest BCUT2D eigenvalue weighted by atomic mass is 19.1. The van der Waals surface area contributed by atoms with Crippen LogP contribution < -0.4 is 4.74 Å². The van der Waals surface area contributed by atoms with Gasteiger partial charge in [0, 0.05) is 24.0 Å². The van der Waals surface area contributed by atoms with Gasteiger partial charge < -0.3 is 4.74 Å². The maximum atomic E-state index is 13.1. The summed E-state index contributed by atoms with van der Waals surface area (Å²) in [6.45, 7) is 0.128. The van der Waals surface area contributed by atoms with Gasteiger partial charge in [0.25, 0.3) is 0 Å². The average molecular weight is 232 g/mol. The molecule has 0 aliphatic heterocycles. The van der Waals surface area contributed by atoms with Crippen LogP contribution in [0.25, 0.3) is 0 Å². The van der Waals surface area contributed by atoms with Gasteiger partial charge in [-0.1, -0.05) is 0 Å². The van der Waals surface area contributed by atoms with Gasteiger partial charge in [-0.25, -0.2) is 14.4 Å². The molecule has 0 saturated heterocycles. The van der Waals surface area contributed by atoms with Crippen molar-refractivity contribution in [3.8, 4) is 5.75 Å². The van der Waals surface area contributed by atoms with Crippen molar-refractivity contribution in [3.05, 3.63) is 53.9 Å². The first-order valence-electron chi connectivity index (χ1n) is 4.92. The molecule has 0 atom stereocenters. The Balaban J connectivity index is 2.09. The van der Waals surface area contributed by atoms with Crippen LogP contribution in [0.15, 0.2) is 36.7 Å². The molecule has 2 aromatic rings. The zero-order chi connectivity index (χ0) is 12.1. The van der Waals surface area contributed by atoms with Crippen LogP contribution in [0.4, 0.5) is 4.39 Å². The van der Waals surface area contributed by atoms with E-state index >= 15 is 0 Å². The average Bonchev–Trinajstić information content (AvgIpc) is 2.37. The van der Waals surface area contributed by atoms with Gasteiger partial charge in [-0.15, -0.1) is 0 Å². The topological polar surface area (TPSA) is 52.1 Å².